The summed E-state index contributed by atoms with van der Waals surface area (Å²) < 4.78 is 0. The fourth-order valence-electron chi connectivity index (χ4n) is 1.49. The van der Waals surface area contributed by atoms with Gasteiger partial charge in [-0.2, -0.15) is 0 Å². The molecule has 0 nitrogen and oxygen atoms in total. The Balaban J connectivity index is 5.05. The minimum atomic E-state index is 0.583. The summed E-state index contributed by atoms with van der Waals surface area (Å²) in [6.45, 7) is 14.6. The molecular weight excluding hydrogens is 144 g/mol. The molecule has 0 unspecified atom stereocenters. The Hall–Kier alpha value is -0.780. The number of rotatable bonds is 3. The van der Waals surface area contributed by atoms with Gasteiger partial charge in [0.1, 0.15) is 0 Å². The van der Waals surface area contributed by atoms with Crippen LogP contribution in [0.4, 0.5) is 0 Å². The molecule has 0 aliphatic heterocycles. The molecule has 0 rings (SSSR count). The van der Waals surface area contributed by atoms with E-state index in [1.165, 1.54) is 16.7 Å². The average Bonchev–Trinajstić information content (AvgIpc) is 2.03. The Kier molecular flexibility index (Phi) is 4.65. The zero-order valence-electron chi connectivity index (χ0n) is 8.94. The summed E-state index contributed by atoms with van der Waals surface area (Å²) >= 11 is 0. The molecule has 0 bridgehead atoms. The van der Waals surface area contributed by atoms with Crippen molar-refractivity contribution < 1.29 is 0 Å². The van der Waals surface area contributed by atoms with Gasteiger partial charge in [-0.3, -0.25) is 0 Å². The van der Waals surface area contributed by atoms with Gasteiger partial charge in [0.15, 0.2) is 0 Å². The molecule has 0 N–H and O–H groups in total. The van der Waals surface area contributed by atoms with Gasteiger partial charge < -0.3 is 0 Å². The van der Waals surface area contributed by atoms with E-state index in [4.69, 9.17) is 0 Å². The molecule has 0 aromatic rings. The van der Waals surface area contributed by atoms with Crippen molar-refractivity contribution in [3.05, 3.63) is 35.5 Å². The van der Waals surface area contributed by atoms with Crippen molar-refractivity contribution in [2.45, 2.75) is 34.6 Å². The van der Waals surface area contributed by atoms with Crippen LogP contribution < -0.4 is 0 Å². The lowest BCUT2D eigenvalue weighted by molar-refractivity contribution is 0.769. The maximum atomic E-state index is 3.80. The summed E-state index contributed by atoms with van der Waals surface area (Å²) in [6, 6.07) is 0. The van der Waals surface area contributed by atoms with Gasteiger partial charge in [-0.1, -0.05) is 38.2 Å². The smallest absolute Gasteiger partial charge is 0.0214 e. The van der Waals surface area contributed by atoms with Crippen LogP contribution in [0, 0.1) is 5.92 Å². The van der Waals surface area contributed by atoms with E-state index in [1.807, 2.05) is 6.08 Å². The van der Waals surface area contributed by atoms with Crippen LogP contribution >= 0.6 is 0 Å². The van der Waals surface area contributed by atoms with Gasteiger partial charge in [0.2, 0.25) is 0 Å². The second kappa shape index (κ2) is 4.97. The molecule has 0 atom stereocenters. The molecule has 0 aliphatic rings. The Morgan fingerprint density at radius 2 is 1.75 bits per heavy atom. The Morgan fingerprint density at radius 3 is 2.00 bits per heavy atom. The van der Waals surface area contributed by atoms with E-state index in [0.717, 1.165) is 0 Å². The van der Waals surface area contributed by atoms with Crippen LogP contribution in [0.25, 0.3) is 0 Å². The summed E-state index contributed by atoms with van der Waals surface area (Å²) in [4.78, 5) is 0. The first-order valence-electron chi connectivity index (χ1n) is 4.51. The van der Waals surface area contributed by atoms with Gasteiger partial charge in [-0.05, 0) is 37.8 Å². The molecule has 0 aromatic carbocycles. The Labute approximate surface area is 76.7 Å². The molecule has 0 amide bonds. The lowest BCUT2D eigenvalue weighted by atomic mass is 9.91. The monoisotopic (exact) mass is 164 g/mol. The van der Waals surface area contributed by atoms with Crippen LogP contribution in [0.2, 0.25) is 0 Å². The van der Waals surface area contributed by atoms with Gasteiger partial charge in [-0.25, -0.2) is 0 Å². The summed E-state index contributed by atoms with van der Waals surface area (Å²) in [5, 5.41) is 0. The normalized spacial score (nSPS) is 14.7. The van der Waals surface area contributed by atoms with Crippen molar-refractivity contribution in [2.24, 2.45) is 5.92 Å². The molecule has 0 fully saturated rings. The fourth-order valence-corrected chi connectivity index (χ4v) is 1.49. The van der Waals surface area contributed by atoms with Crippen molar-refractivity contribution in [3.63, 3.8) is 0 Å². The van der Waals surface area contributed by atoms with Crippen LogP contribution in [0.3, 0.4) is 0 Å². The molecule has 0 aromatic heterocycles. The highest BCUT2D eigenvalue weighted by atomic mass is 14.1. The molecule has 0 saturated carbocycles. The highest BCUT2D eigenvalue weighted by molar-refractivity contribution is 5.38. The first-order valence-corrected chi connectivity index (χ1v) is 4.51. The molecular formula is C12H20. The zero-order chi connectivity index (χ0) is 9.72. The third-order valence-electron chi connectivity index (χ3n) is 2.17. The predicted octanol–water partition coefficient (Wildman–Crippen LogP) is 4.11. The first kappa shape index (κ1) is 11.2. The summed E-state index contributed by atoms with van der Waals surface area (Å²) in [5.41, 5.74) is 4.08. The number of allylic oxidation sites excluding steroid dienone is 5. The quantitative estimate of drug-likeness (QED) is 0.551. The van der Waals surface area contributed by atoms with Gasteiger partial charge in [-0.15, -0.1) is 0 Å². The second-order valence-corrected chi connectivity index (χ2v) is 3.43. The van der Waals surface area contributed by atoms with E-state index in [1.54, 1.807) is 0 Å². The second-order valence-electron chi connectivity index (χ2n) is 3.43. The SMILES string of the molecule is C=C/C(C)=C(\C(C)=C/C)C(C)C. The summed E-state index contributed by atoms with van der Waals surface area (Å²) in [6.07, 6.45) is 4.09. The molecule has 0 spiro atoms. The van der Waals surface area contributed by atoms with Crippen molar-refractivity contribution in [1.82, 2.24) is 0 Å². The molecule has 0 heteroatoms. The van der Waals surface area contributed by atoms with Crippen LogP contribution in [-0.4, -0.2) is 0 Å². The first-order chi connectivity index (χ1) is 5.54. The van der Waals surface area contributed by atoms with Gasteiger partial charge in [0.25, 0.3) is 0 Å². The number of hydrogen-bond acceptors (Lipinski definition) is 0. The summed E-state index contributed by atoms with van der Waals surface area (Å²) in [7, 11) is 0. The average molecular weight is 164 g/mol. The van der Waals surface area contributed by atoms with Crippen LogP contribution in [0.5, 0.6) is 0 Å². The molecule has 68 valence electrons. The lowest BCUT2D eigenvalue weighted by Gasteiger charge is -2.14. The zero-order valence-corrected chi connectivity index (χ0v) is 8.94. The minimum absolute atomic E-state index is 0.583. The van der Waals surface area contributed by atoms with E-state index >= 15 is 0 Å². The molecule has 12 heavy (non-hydrogen) atoms. The van der Waals surface area contributed by atoms with E-state index < -0.39 is 0 Å². The van der Waals surface area contributed by atoms with Crippen LogP contribution in [0.1, 0.15) is 34.6 Å². The van der Waals surface area contributed by atoms with E-state index in [2.05, 4.69) is 47.3 Å². The standard InChI is InChI=1S/C12H20/c1-7-10(5)12(9(3)4)11(6)8-2/h7-9H,1H2,2-6H3/b11-8-,12-10-. The van der Waals surface area contributed by atoms with Gasteiger partial charge in [0.05, 0.1) is 0 Å². The van der Waals surface area contributed by atoms with Crippen LogP contribution in [-0.2, 0) is 0 Å². The Morgan fingerprint density at radius 1 is 1.25 bits per heavy atom. The van der Waals surface area contributed by atoms with E-state index in [-0.39, 0.29) is 0 Å². The molecule has 0 saturated heterocycles. The van der Waals surface area contributed by atoms with Crippen molar-refractivity contribution in [3.8, 4) is 0 Å². The van der Waals surface area contributed by atoms with E-state index in [0.29, 0.717) is 5.92 Å². The maximum absolute atomic E-state index is 3.80. The largest absolute Gasteiger partial charge is 0.0988 e. The molecule has 0 heterocycles. The van der Waals surface area contributed by atoms with Gasteiger partial charge in [0, 0.05) is 0 Å². The highest BCUT2D eigenvalue weighted by Crippen LogP contribution is 2.23. The van der Waals surface area contributed by atoms with Crippen molar-refractivity contribution in [2.75, 3.05) is 0 Å². The van der Waals surface area contributed by atoms with Crippen LogP contribution in [0.15, 0.2) is 35.5 Å². The Bertz CT molecular complexity index is 214. The van der Waals surface area contributed by atoms with Crippen molar-refractivity contribution >= 4 is 0 Å². The minimum Gasteiger partial charge on any atom is -0.0988 e. The molecule has 0 aliphatic carbocycles. The highest BCUT2D eigenvalue weighted by Gasteiger charge is 2.06. The maximum Gasteiger partial charge on any atom is -0.0214 e. The number of hydrogen-bond donors (Lipinski definition) is 0. The topological polar surface area (TPSA) is 0 Å². The summed E-state index contributed by atoms with van der Waals surface area (Å²) in [5.74, 6) is 0.583. The fraction of sp³-hybridized carbons (Fsp3) is 0.500. The van der Waals surface area contributed by atoms with E-state index in [9.17, 15) is 0 Å². The molecule has 0 radical (unpaired) electrons. The van der Waals surface area contributed by atoms with Gasteiger partial charge >= 0.3 is 0 Å². The third kappa shape index (κ3) is 2.69. The predicted molar refractivity (Wildman–Crippen MR) is 57.2 cm³/mol. The van der Waals surface area contributed by atoms with Crippen molar-refractivity contribution in [1.29, 1.82) is 0 Å². The third-order valence-corrected chi connectivity index (χ3v) is 2.17. The lowest BCUT2D eigenvalue weighted by Crippen LogP contribution is -1.98.